The van der Waals surface area contributed by atoms with E-state index in [1.165, 1.54) is 0 Å². The molecule has 164 valence electrons. The summed E-state index contributed by atoms with van der Waals surface area (Å²) in [5, 5.41) is 10.5. The molecule has 2 rings (SSSR count). The van der Waals surface area contributed by atoms with Gasteiger partial charge in [0.1, 0.15) is 5.78 Å². The highest BCUT2D eigenvalue weighted by atomic mass is 16.5. The quantitative estimate of drug-likeness (QED) is 0.566. The lowest BCUT2D eigenvalue weighted by Gasteiger charge is -2.18. The maximum atomic E-state index is 12.6. The molecule has 0 heterocycles. The first-order valence-electron chi connectivity index (χ1n) is 10.1. The molecule has 30 heavy (non-hydrogen) atoms. The van der Waals surface area contributed by atoms with Gasteiger partial charge in [-0.05, 0) is 54.7 Å². The van der Waals surface area contributed by atoms with E-state index in [0.29, 0.717) is 48.7 Å². The predicted molar refractivity (Wildman–Crippen MR) is 116 cm³/mol. The molecule has 0 fully saturated rings. The van der Waals surface area contributed by atoms with Crippen LogP contribution >= 0.6 is 0 Å². The van der Waals surface area contributed by atoms with E-state index < -0.39 is 12.0 Å². The van der Waals surface area contributed by atoms with Crippen LogP contribution in [0.3, 0.4) is 0 Å². The van der Waals surface area contributed by atoms with Crippen LogP contribution in [0.15, 0.2) is 36.4 Å². The van der Waals surface area contributed by atoms with Crippen molar-refractivity contribution in [3.63, 3.8) is 0 Å². The van der Waals surface area contributed by atoms with Crippen LogP contribution in [-0.4, -0.2) is 45.4 Å². The summed E-state index contributed by atoms with van der Waals surface area (Å²) in [6, 6.07) is 11.3. The minimum atomic E-state index is -0.698. The van der Waals surface area contributed by atoms with E-state index in [1.54, 1.807) is 35.4 Å². The molecule has 1 N–H and O–H groups in total. The Bertz CT molecular complexity index is 832. The second kappa shape index (κ2) is 11.5. The van der Waals surface area contributed by atoms with Crippen LogP contribution in [0.25, 0.3) is 0 Å². The number of carbonyl (C=O) groups excluding carboxylic acids is 1. The molecule has 2 aromatic rings. The molecule has 0 aliphatic carbocycles. The molecule has 0 amide bonds. The maximum absolute atomic E-state index is 12.6. The zero-order chi connectivity index (χ0) is 22.1. The predicted octanol–water partition coefficient (Wildman–Crippen LogP) is 3.85. The lowest BCUT2D eigenvalue weighted by atomic mass is 9.91. The van der Waals surface area contributed by atoms with E-state index in [9.17, 15) is 9.90 Å². The number of rotatable bonds is 12. The fourth-order valence-corrected chi connectivity index (χ4v) is 3.35. The number of hydrogen-bond acceptors (Lipinski definition) is 6. The van der Waals surface area contributed by atoms with Crippen LogP contribution in [0.1, 0.15) is 30.9 Å². The summed E-state index contributed by atoms with van der Waals surface area (Å²) in [6.45, 7) is 1.79. The second-order valence-corrected chi connectivity index (χ2v) is 7.24. The van der Waals surface area contributed by atoms with Gasteiger partial charge in [0, 0.05) is 12.3 Å². The molecule has 0 radical (unpaired) electrons. The van der Waals surface area contributed by atoms with Crippen molar-refractivity contribution in [3.8, 4) is 23.0 Å². The fraction of sp³-hybridized carbons (Fsp3) is 0.458. The number of aryl methyl sites for hydroxylation is 2. The summed E-state index contributed by atoms with van der Waals surface area (Å²) in [5.41, 5.74) is 2.02. The van der Waals surface area contributed by atoms with Gasteiger partial charge >= 0.3 is 0 Å². The average Bonchev–Trinajstić information content (AvgIpc) is 2.79. The van der Waals surface area contributed by atoms with Crippen LogP contribution in [0.4, 0.5) is 0 Å². The van der Waals surface area contributed by atoms with Gasteiger partial charge in [0.05, 0.1) is 34.5 Å². The van der Waals surface area contributed by atoms with Gasteiger partial charge < -0.3 is 24.1 Å². The van der Waals surface area contributed by atoms with E-state index in [0.717, 1.165) is 11.1 Å². The molecule has 0 aromatic heterocycles. The number of ketones is 1. The molecular formula is C24H32O6. The summed E-state index contributed by atoms with van der Waals surface area (Å²) >= 11 is 0. The Hall–Kier alpha value is -2.73. The molecule has 0 saturated carbocycles. The largest absolute Gasteiger partial charge is 0.493 e. The van der Waals surface area contributed by atoms with Crippen molar-refractivity contribution in [1.29, 1.82) is 0 Å². The average molecular weight is 417 g/mol. The van der Waals surface area contributed by atoms with Crippen molar-refractivity contribution in [2.45, 2.75) is 38.7 Å². The summed E-state index contributed by atoms with van der Waals surface area (Å²) in [7, 11) is 6.36. The van der Waals surface area contributed by atoms with Gasteiger partial charge in [0.2, 0.25) is 0 Å². The highest BCUT2D eigenvalue weighted by Gasteiger charge is 2.22. The van der Waals surface area contributed by atoms with E-state index in [2.05, 4.69) is 0 Å². The number of ether oxygens (including phenoxy) is 4. The van der Waals surface area contributed by atoms with Gasteiger partial charge in [-0.2, -0.15) is 0 Å². The van der Waals surface area contributed by atoms with Crippen LogP contribution in [0, 0.1) is 5.92 Å². The Kier molecular flexibility index (Phi) is 8.99. The molecule has 2 unspecified atom stereocenters. The van der Waals surface area contributed by atoms with Crippen molar-refractivity contribution in [2.75, 3.05) is 28.4 Å². The fourth-order valence-electron chi connectivity index (χ4n) is 3.35. The summed E-state index contributed by atoms with van der Waals surface area (Å²) in [4.78, 5) is 12.6. The SMILES string of the molecule is COc1ccc(CCC(=O)C(C)C(O)CCc2ccc(OC)c(OC)c2)cc1OC. The first kappa shape index (κ1) is 23.5. The van der Waals surface area contributed by atoms with E-state index in [1.807, 2.05) is 36.4 Å². The van der Waals surface area contributed by atoms with E-state index in [4.69, 9.17) is 18.9 Å². The number of Topliss-reactive ketones (excluding diaryl/α,β-unsaturated/α-hetero) is 1. The van der Waals surface area contributed by atoms with Crippen molar-refractivity contribution >= 4 is 5.78 Å². The van der Waals surface area contributed by atoms with Crippen molar-refractivity contribution < 1.29 is 28.8 Å². The molecule has 0 bridgehead atoms. The third kappa shape index (κ3) is 6.13. The highest BCUT2D eigenvalue weighted by Crippen LogP contribution is 2.29. The molecule has 0 saturated heterocycles. The van der Waals surface area contributed by atoms with E-state index >= 15 is 0 Å². The van der Waals surface area contributed by atoms with Gasteiger partial charge in [-0.1, -0.05) is 19.1 Å². The van der Waals surface area contributed by atoms with Gasteiger partial charge in [0.25, 0.3) is 0 Å². The minimum absolute atomic E-state index is 0.0459. The number of aliphatic hydroxyl groups excluding tert-OH is 1. The zero-order valence-electron chi connectivity index (χ0n) is 18.4. The highest BCUT2D eigenvalue weighted by molar-refractivity contribution is 5.81. The number of aliphatic hydroxyl groups is 1. The normalized spacial score (nSPS) is 12.7. The topological polar surface area (TPSA) is 74.2 Å². The van der Waals surface area contributed by atoms with Gasteiger partial charge in [-0.15, -0.1) is 0 Å². The monoisotopic (exact) mass is 416 g/mol. The van der Waals surface area contributed by atoms with Crippen molar-refractivity contribution in [2.24, 2.45) is 5.92 Å². The van der Waals surface area contributed by atoms with Crippen LogP contribution in [0.5, 0.6) is 23.0 Å². The molecule has 0 aliphatic rings. The molecule has 2 atom stereocenters. The van der Waals surface area contributed by atoms with E-state index in [-0.39, 0.29) is 5.78 Å². The molecule has 6 heteroatoms. The maximum Gasteiger partial charge on any atom is 0.160 e. The summed E-state index contributed by atoms with van der Waals surface area (Å²) < 4.78 is 21.1. The van der Waals surface area contributed by atoms with Gasteiger partial charge in [-0.3, -0.25) is 4.79 Å². The standard InChI is InChI=1S/C24H32O6/c1-16(19(25)10-6-17-8-12-21(27-2)23(14-17)29-4)20(26)11-7-18-9-13-22(28-3)24(15-18)30-5/h8-9,12-16,19,25H,6-7,10-11H2,1-5H3. The number of benzene rings is 2. The first-order valence-corrected chi connectivity index (χ1v) is 10.1. The van der Waals surface area contributed by atoms with Crippen molar-refractivity contribution in [3.05, 3.63) is 47.5 Å². The summed E-state index contributed by atoms with van der Waals surface area (Å²) in [5.74, 6) is 2.25. The minimum Gasteiger partial charge on any atom is -0.493 e. The van der Waals surface area contributed by atoms with Gasteiger partial charge in [0.15, 0.2) is 23.0 Å². The molecule has 2 aromatic carbocycles. The molecule has 0 spiro atoms. The van der Waals surface area contributed by atoms with Crippen LogP contribution in [0.2, 0.25) is 0 Å². The smallest absolute Gasteiger partial charge is 0.160 e. The molecule has 0 aliphatic heterocycles. The lowest BCUT2D eigenvalue weighted by molar-refractivity contribution is -0.125. The van der Waals surface area contributed by atoms with Crippen molar-refractivity contribution in [1.82, 2.24) is 0 Å². The van der Waals surface area contributed by atoms with Gasteiger partial charge in [-0.25, -0.2) is 0 Å². The Balaban J connectivity index is 1.88. The molecular weight excluding hydrogens is 384 g/mol. The zero-order valence-corrected chi connectivity index (χ0v) is 18.4. The Morgan fingerprint density at radius 3 is 1.73 bits per heavy atom. The first-order chi connectivity index (χ1) is 14.4. The van der Waals surface area contributed by atoms with Crippen LogP contribution < -0.4 is 18.9 Å². The molecule has 6 nitrogen and oxygen atoms in total. The summed E-state index contributed by atoms with van der Waals surface area (Å²) in [6.07, 6.45) is 1.40. The number of methoxy groups -OCH3 is 4. The lowest BCUT2D eigenvalue weighted by Crippen LogP contribution is -2.26. The third-order valence-corrected chi connectivity index (χ3v) is 5.37. The number of hydrogen-bond donors (Lipinski definition) is 1. The Morgan fingerprint density at radius 1 is 0.800 bits per heavy atom. The third-order valence-electron chi connectivity index (χ3n) is 5.37. The second-order valence-electron chi connectivity index (χ2n) is 7.24. The Labute approximate surface area is 178 Å². The number of carbonyl (C=O) groups is 1. The Morgan fingerprint density at radius 2 is 1.27 bits per heavy atom. The van der Waals surface area contributed by atoms with Crippen LogP contribution in [-0.2, 0) is 17.6 Å².